The summed E-state index contributed by atoms with van der Waals surface area (Å²) >= 11 is 0. The van der Waals surface area contributed by atoms with Crippen molar-refractivity contribution in [1.82, 2.24) is 0 Å². The monoisotopic (exact) mass is 155 g/mol. The smallest absolute Gasteiger partial charge is 0.115 e. The summed E-state index contributed by atoms with van der Waals surface area (Å²) in [5.41, 5.74) is 0.563. The van der Waals surface area contributed by atoms with Gasteiger partial charge in [-0.2, -0.15) is 5.26 Å². The van der Waals surface area contributed by atoms with Gasteiger partial charge in [-0.25, -0.2) is 0 Å². The van der Waals surface area contributed by atoms with E-state index in [2.05, 4.69) is 0 Å². The highest BCUT2D eigenvalue weighted by molar-refractivity contribution is 5.85. The summed E-state index contributed by atoms with van der Waals surface area (Å²) in [6, 6.07) is 8.04. The van der Waals surface area contributed by atoms with Crippen LogP contribution in [0.5, 0.6) is 5.75 Å². The molecule has 0 aliphatic rings. The standard InChI is InChI=1S/C7H5NO.ClH/c8-5-6-1-3-7(9)4-2-6;/h1-4,9H;1H. The molecule has 0 fully saturated rings. The SMILES string of the molecule is Cl.N#Cc1ccc(O)cc1. The number of hydrogen-bond acceptors (Lipinski definition) is 2. The van der Waals surface area contributed by atoms with Gasteiger partial charge in [0.2, 0.25) is 0 Å². The molecule has 0 saturated carbocycles. The van der Waals surface area contributed by atoms with Gasteiger partial charge in [0.05, 0.1) is 11.6 Å². The largest absolute Gasteiger partial charge is 0.508 e. The van der Waals surface area contributed by atoms with Gasteiger partial charge in [0.15, 0.2) is 0 Å². The van der Waals surface area contributed by atoms with Crippen LogP contribution < -0.4 is 0 Å². The van der Waals surface area contributed by atoms with Crippen molar-refractivity contribution in [2.75, 3.05) is 0 Å². The summed E-state index contributed by atoms with van der Waals surface area (Å²) < 4.78 is 0. The minimum atomic E-state index is 0. The fourth-order valence-corrected chi connectivity index (χ4v) is 0.536. The lowest BCUT2D eigenvalue weighted by molar-refractivity contribution is 0.475. The summed E-state index contributed by atoms with van der Waals surface area (Å²) in [5.74, 6) is 0.189. The summed E-state index contributed by atoms with van der Waals surface area (Å²) in [4.78, 5) is 0. The number of rotatable bonds is 0. The van der Waals surface area contributed by atoms with Crippen LogP contribution in [-0.2, 0) is 0 Å². The van der Waals surface area contributed by atoms with E-state index in [1.54, 1.807) is 12.1 Å². The molecule has 1 rings (SSSR count). The zero-order chi connectivity index (χ0) is 6.69. The Morgan fingerprint density at radius 1 is 1.20 bits per heavy atom. The molecular formula is C7H6ClNO. The average Bonchev–Trinajstić information content (AvgIpc) is 1.90. The minimum absolute atomic E-state index is 0. The molecule has 0 aliphatic heterocycles. The van der Waals surface area contributed by atoms with Crippen LogP contribution in [0.4, 0.5) is 0 Å². The van der Waals surface area contributed by atoms with Crippen LogP contribution in [0.25, 0.3) is 0 Å². The summed E-state index contributed by atoms with van der Waals surface area (Å²) in [7, 11) is 0. The lowest BCUT2D eigenvalue weighted by Crippen LogP contribution is -1.69. The molecule has 0 aromatic heterocycles. The molecule has 10 heavy (non-hydrogen) atoms. The predicted molar refractivity (Wildman–Crippen MR) is 40.1 cm³/mol. The number of benzene rings is 1. The minimum Gasteiger partial charge on any atom is -0.508 e. The van der Waals surface area contributed by atoms with Crippen LogP contribution in [0, 0.1) is 11.3 Å². The van der Waals surface area contributed by atoms with Crippen LogP contribution in [0.2, 0.25) is 0 Å². The van der Waals surface area contributed by atoms with E-state index in [1.807, 2.05) is 6.07 Å². The fraction of sp³-hybridized carbons (Fsp3) is 0. The molecule has 0 aliphatic carbocycles. The zero-order valence-corrected chi connectivity index (χ0v) is 5.93. The number of hydrogen-bond donors (Lipinski definition) is 1. The lowest BCUT2D eigenvalue weighted by Gasteiger charge is -1.87. The highest BCUT2D eigenvalue weighted by Gasteiger charge is 1.86. The van der Waals surface area contributed by atoms with E-state index in [0.717, 1.165) is 0 Å². The molecule has 3 heteroatoms. The van der Waals surface area contributed by atoms with Crippen molar-refractivity contribution < 1.29 is 5.11 Å². The van der Waals surface area contributed by atoms with Crippen molar-refractivity contribution in [2.24, 2.45) is 0 Å². The number of nitriles is 1. The maximum absolute atomic E-state index is 8.74. The Labute approximate surface area is 65.1 Å². The predicted octanol–water partition coefficient (Wildman–Crippen LogP) is 1.69. The number of phenols is 1. The maximum atomic E-state index is 8.74. The first-order valence-electron chi connectivity index (χ1n) is 2.52. The van der Waals surface area contributed by atoms with Gasteiger partial charge >= 0.3 is 0 Å². The van der Waals surface area contributed by atoms with Crippen molar-refractivity contribution in [3.63, 3.8) is 0 Å². The molecule has 52 valence electrons. The highest BCUT2D eigenvalue weighted by Crippen LogP contribution is 2.07. The molecule has 0 unspecified atom stereocenters. The number of aromatic hydroxyl groups is 1. The molecule has 2 nitrogen and oxygen atoms in total. The van der Waals surface area contributed by atoms with Crippen molar-refractivity contribution in [3.8, 4) is 11.8 Å². The molecule has 1 aromatic rings. The Hall–Kier alpha value is -1.20. The second-order valence-corrected chi connectivity index (χ2v) is 1.66. The summed E-state index contributed by atoms with van der Waals surface area (Å²) in [5, 5.41) is 17.0. The van der Waals surface area contributed by atoms with Crippen LogP contribution >= 0.6 is 12.4 Å². The lowest BCUT2D eigenvalue weighted by atomic mass is 10.2. The van der Waals surface area contributed by atoms with Crippen molar-refractivity contribution in [3.05, 3.63) is 29.8 Å². The molecule has 0 radical (unpaired) electrons. The Morgan fingerprint density at radius 2 is 1.70 bits per heavy atom. The molecule has 0 saturated heterocycles. The van der Waals surface area contributed by atoms with E-state index >= 15 is 0 Å². The fourth-order valence-electron chi connectivity index (χ4n) is 0.536. The number of nitrogens with zero attached hydrogens (tertiary/aromatic N) is 1. The van der Waals surface area contributed by atoms with Gasteiger partial charge in [0, 0.05) is 0 Å². The maximum Gasteiger partial charge on any atom is 0.115 e. The average molecular weight is 156 g/mol. The van der Waals surface area contributed by atoms with Gasteiger partial charge in [-0.3, -0.25) is 0 Å². The van der Waals surface area contributed by atoms with Gasteiger partial charge in [-0.05, 0) is 24.3 Å². The quantitative estimate of drug-likeness (QED) is 0.620. The Morgan fingerprint density at radius 3 is 2.10 bits per heavy atom. The van der Waals surface area contributed by atoms with Crippen molar-refractivity contribution in [2.45, 2.75) is 0 Å². The number of phenolic OH excluding ortho intramolecular Hbond substituents is 1. The van der Waals surface area contributed by atoms with E-state index in [-0.39, 0.29) is 18.2 Å². The molecule has 1 aromatic carbocycles. The van der Waals surface area contributed by atoms with Crippen molar-refractivity contribution >= 4 is 12.4 Å². The molecule has 0 atom stereocenters. The highest BCUT2D eigenvalue weighted by atomic mass is 35.5. The third-order valence-corrected chi connectivity index (χ3v) is 0.996. The first-order valence-corrected chi connectivity index (χ1v) is 2.52. The van der Waals surface area contributed by atoms with Crippen LogP contribution in [0.1, 0.15) is 5.56 Å². The van der Waals surface area contributed by atoms with E-state index in [4.69, 9.17) is 10.4 Å². The van der Waals surface area contributed by atoms with Crippen LogP contribution in [0.15, 0.2) is 24.3 Å². The molecule has 1 N–H and O–H groups in total. The second kappa shape index (κ2) is 3.76. The van der Waals surface area contributed by atoms with Crippen LogP contribution in [-0.4, -0.2) is 5.11 Å². The molecular weight excluding hydrogens is 150 g/mol. The normalized spacial score (nSPS) is 7.50. The number of halogens is 1. The van der Waals surface area contributed by atoms with E-state index < -0.39 is 0 Å². The molecule has 0 amide bonds. The van der Waals surface area contributed by atoms with E-state index in [1.165, 1.54) is 12.1 Å². The molecule has 0 spiro atoms. The Kier molecular flexibility index (Phi) is 3.30. The Balaban J connectivity index is 0.000000810. The molecule has 0 bridgehead atoms. The Bertz CT molecular complexity index is 237. The first-order chi connectivity index (χ1) is 4.33. The van der Waals surface area contributed by atoms with Gasteiger partial charge in [-0.1, -0.05) is 0 Å². The van der Waals surface area contributed by atoms with Gasteiger partial charge in [-0.15, -0.1) is 12.4 Å². The topological polar surface area (TPSA) is 44.0 Å². The molecule has 0 heterocycles. The third-order valence-electron chi connectivity index (χ3n) is 0.996. The second-order valence-electron chi connectivity index (χ2n) is 1.66. The van der Waals surface area contributed by atoms with Gasteiger partial charge < -0.3 is 5.11 Å². The summed E-state index contributed by atoms with van der Waals surface area (Å²) in [6.45, 7) is 0. The van der Waals surface area contributed by atoms with E-state index in [9.17, 15) is 0 Å². The van der Waals surface area contributed by atoms with Crippen LogP contribution in [0.3, 0.4) is 0 Å². The first kappa shape index (κ1) is 8.80. The summed E-state index contributed by atoms with van der Waals surface area (Å²) in [6.07, 6.45) is 0. The third kappa shape index (κ3) is 1.96. The van der Waals surface area contributed by atoms with Crippen molar-refractivity contribution in [1.29, 1.82) is 5.26 Å². The van der Waals surface area contributed by atoms with E-state index in [0.29, 0.717) is 5.56 Å². The van der Waals surface area contributed by atoms with Gasteiger partial charge in [0.25, 0.3) is 0 Å². The zero-order valence-electron chi connectivity index (χ0n) is 5.11. The van der Waals surface area contributed by atoms with Gasteiger partial charge in [0.1, 0.15) is 5.75 Å².